The van der Waals surface area contributed by atoms with Crippen LogP contribution in [0.1, 0.15) is 62.5 Å². The van der Waals surface area contributed by atoms with Crippen LogP contribution < -0.4 is 22.1 Å². The maximum atomic E-state index is 14.1. The number of carbonyl (C=O) groups is 5. The van der Waals surface area contributed by atoms with Crippen molar-refractivity contribution < 1.29 is 33.8 Å². The van der Waals surface area contributed by atoms with Gasteiger partial charge in [0.25, 0.3) is 0 Å². The molecule has 2 aromatic carbocycles. The molecule has 2 heterocycles. The zero-order chi connectivity index (χ0) is 33.7. The topological polar surface area (TPSA) is 204 Å². The molecule has 12 nitrogen and oxygen atoms in total. The van der Waals surface area contributed by atoms with E-state index < -0.39 is 64.6 Å². The molecule has 0 saturated carbocycles. The quantitative estimate of drug-likeness (QED) is 0.111. The number of hydrogen-bond donors (Lipinski definition) is 5. The summed E-state index contributed by atoms with van der Waals surface area (Å²) >= 11 is 0. The summed E-state index contributed by atoms with van der Waals surface area (Å²) in [5.41, 5.74) is 7.45. The summed E-state index contributed by atoms with van der Waals surface area (Å²) in [6, 6.07) is 17.3. The predicted octanol–water partition coefficient (Wildman–Crippen LogP) is 1.50. The van der Waals surface area contributed by atoms with Crippen LogP contribution in [0, 0.1) is 0 Å². The molecule has 0 bridgehead atoms. The van der Waals surface area contributed by atoms with Crippen LogP contribution in [-0.4, -0.2) is 74.8 Å². The minimum atomic E-state index is -2.54. The number of esters is 1. The number of benzene rings is 2. The smallest absolute Gasteiger partial charge is 0.334 e. The average Bonchev–Trinajstić information content (AvgIpc) is 3.02. The largest absolute Gasteiger partial charge is 0.458 e. The van der Waals surface area contributed by atoms with Gasteiger partial charge in [0, 0.05) is 5.39 Å². The molecule has 1 aromatic heterocycles. The van der Waals surface area contributed by atoms with Gasteiger partial charge in [-0.1, -0.05) is 54.6 Å². The number of para-hydroxylation sites is 1. The highest BCUT2D eigenvalue weighted by Gasteiger charge is 2.53. The van der Waals surface area contributed by atoms with E-state index >= 15 is 0 Å². The molecule has 12 heteroatoms. The van der Waals surface area contributed by atoms with E-state index in [9.17, 15) is 29.1 Å². The van der Waals surface area contributed by atoms with Gasteiger partial charge in [0.05, 0.1) is 18.0 Å². The number of aromatic nitrogens is 1. The Morgan fingerprint density at radius 1 is 1.00 bits per heavy atom. The zero-order valence-corrected chi connectivity index (χ0v) is 26.2. The van der Waals surface area contributed by atoms with Crippen LogP contribution in [0.2, 0.25) is 0 Å². The first-order valence-electron chi connectivity index (χ1n) is 15.2. The number of nitrogens with two attached hydrogens (primary N) is 2. The maximum Gasteiger partial charge on any atom is 0.334 e. The minimum Gasteiger partial charge on any atom is -0.458 e. The molecule has 4 rings (SSSR count). The Bertz CT molecular complexity index is 1610. The lowest BCUT2D eigenvalue weighted by molar-refractivity contribution is -0.169. The Kier molecular flexibility index (Phi) is 10.3. The fourth-order valence-corrected chi connectivity index (χ4v) is 5.56. The number of piperidine rings is 1. The summed E-state index contributed by atoms with van der Waals surface area (Å²) < 4.78 is 5.60. The van der Waals surface area contributed by atoms with E-state index in [4.69, 9.17) is 16.2 Å². The van der Waals surface area contributed by atoms with Crippen LogP contribution in [0.4, 0.5) is 0 Å². The van der Waals surface area contributed by atoms with Crippen LogP contribution in [-0.2, 0) is 30.3 Å². The van der Waals surface area contributed by atoms with Crippen LogP contribution >= 0.6 is 0 Å². The molecule has 7 N–H and O–H groups in total. The average molecular weight is 632 g/mol. The molecule has 1 fully saturated rings. The number of nitrogens with zero attached hydrogens (tertiary/aromatic N) is 1. The first kappa shape index (κ1) is 34.4. The Labute approximate surface area is 267 Å². The summed E-state index contributed by atoms with van der Waals surface area (Å²) in [5, 5.41) is 17.9. The first-order valence-corrected chi connectivity index (χ1v) is 15.2. The van der Waals surface area contributed by atoms with E-state index in [0.29, 0.717) is 30.5 Å². The molecule has 1 saturated heterocycles. The Morgan fingerprint density at radius 2 is 1.67 bits per heavy atom. The number of hydrogen-bond acceptors (Lipinski definition) is 10. The minimum absolute atomic E-state index is 0.0679. The number of amides is 2. The van der Waals surface area contributed by atoms with Crippen LogP contribution in [0.5, 0.6) is 0 Å². The fraction of sp³-hybridized carbons (Fsp3) is 0.412. The summed E-state index contributed by atoms with van der Waals surface area (Å²) in [5.74, 6) is -4.90. The summed E-state index contributed by atoms with van der Waals surface area (Å²) in [7, 11) is 0. The fourth-order valence-electron chi connectivity index (χ4n) is 5.56. The number of primary amides is 1. The van der Waals surface area contributed by atoms with Gasteiger partial charge in [-0.15, -0.1) is 0 Å². The number of aliphatic hydroxyl groups excluding tert-OH is 1. The molecule has 3 aromatic rings. The van der Waals surface area contributed by atoms with Crippen molar-refractivity contribution in [2.75, 3.05) is 6.54 Å². The van der Waals surface area contributed by atoms with Crippen molar-refractivity contribution >= 4 is 40.3 Å². The molecule has 0 radical (unpaired) electrons. The van der Waals surface area contributed by atoms with Gasteiger partial charge in [-0.05, 0) is 70.7 Å². The molecule has 0 aliphatic carbocycles. The van der Waals surface area contributed by atoms with Crippen molar-refractivity contribution in [3.63, 3.8) is 0 Å². The number of Topliss-reactive ketones (excluding diaryl/α,β-unsaturated/α-hetero) is 2. The van der Waals surface area contributed by atoms with Crippen LogP contribution in [0.15, 0.2) is 66.7 Å². The molecule has 2 amide bonds. The number of fused-ring (bicyclic) bond motifs is 1. The van der Waals surface area contributed by atoms with Gasteiger partial charge in [-0.25, -0.2) is 9.78 Å². The number of aliphatic hydroxyl groups is 1. The zero-order valence-electron chi connectivity index (χ0n) is 26.2. The molecular weight excluding hydrogens is 590 g/mol. The number of ketones is 2. The Hall–Kier alpha value is -4.52. The molecule has 0 spiro atoms. The van der Waals surface area contributed by atoms with Gasteiger partial charge in [0.2, 0.25) is 17.6 Å². The number of pyridine rings is 1. The standard InChI is InChI=1S/C34H41N5O7/c1-32(2,3)46-31(45)34(17-9-10-18-37-34)29(43)27(41)25(19-21-11-5-4-6-12-21)39-30(44)33(36,20-26(35)40)28(42)24-16-15-22-13-7-8-14-23(22)38-24/h4-8,11-16,25,27,37,41H,9-10,17-20,36H2,1-3H3,(H2,35,40)(H,39,44)/t25-,27?,33+,34-/m0/s1. The van der Waals surface area contributed by atoms with Gasteiger partial charge in [-0.2, -0.15) is 0 Å². The third-order valence-corrected chi connectivity index (χ3v) is 7.93. The lowest BCUT2D eigenvalue weighted by Crippen LogP contribution is -2.68. The lowest BCUT2D eigenvalue weighted by atomic mass is 9.79. The van der Waals surface area contributed by atoms with Crippen molar-refractivity contribution in [2.24, 2.45) is 11.5 Å². The summed E-state index contributed by atoms with van der Waals surface area (Å²) in [4.78, 5) is 71.8. The van der Waals surface area contributed by atoms with Gasteiger partial charge >= 0.3 is 5.97 Å². The van der Waals surface area contributed by atoms with Gasteiger partial charge in [0.1, 0.15) is 17.4 Å². The highest BCUT2D eigenvalue weighted by molar-refractivity contribution is 6.19. The molecular formula is C34H41N5O7. The van der Waals surface area contributed by atoms with Crippen molar-refractivity contribution in [3.8, 4) is 0 Å². The maximum absolute atomic E-state index is 14.1. The van der Waals surface area contributed by atoms with E-state index in [2.05, 4.69) is 15.6 Å². The summed E-state index contributed by atoms with van der Waals surface area (Å²) in [6.45, 7) is 5.33. The van der Waals surface area contributed by atoms with Crippen LogP contribution in [0.3, 0.4) is 0 Å². The third kappa shape index (κ3) is 7.64. The van der Waals surface area contributed by atoms with E-state index in [0.717, 1.165) is 5.39 Å². The highest BCUT2D eigenvalue weighted by atomic mass is 16.6. The third-order valence-electron chi connectivity index (χ3n) is 7.93. The number of rotatable bonds is 12. The predicted molar refractivity (Wildman–Crippen MR) is 170 cm³/mol. The van der Waals surface area contributed by atoms with Crippen LogP contribution in [0.25, 0.3) is 10.9 Å². The molecule has 4 atom stereocenters. The normalized spacial score (nSPS) is 19.3. The van der Waals surface area contributed by atoms with E-state index in [1.54, 1.807) is 81.4 Å². The van der Waals surface area contributed by atoms with Gasteiger partial charge < -0.3 is 26.6 Å². The van der Waals surface area contributed by atoms with E-state index in [1.807, 2.05) is 0 Å². The Morgan fingerprint density at radius 3 is 2.30 bits per heavy atom. The second-order valence-corrected chi connectivity index (χ2v) is 12.7. The van der Waals surface area contributed by atoms with Crippen molar-refractivity contribution in [2.45, 2.75) is 81.7 Å². The molecule has 244 valence electrons. The van der Waals surface area contributed by atoms with E-state index in [-0.39, 0.29) is 18.5 Å². The Balaban J connectivity index is 1.71. The molecule has 1 aliphatic rings. The highest BCUT2D eigenvalue weighted by Crippen LogP contribution is 2.28. The molecule has 46 heavy (non-hydrogen) atoms. The number of carbonyl (C=O) groups excluding carboxylic acids is 5. The SMILES string of the molecule is CC(C)(C)OC(=O)[C@@]1(C(=O)C(O)[C@H](Cc2ccccc2)NC(=O)[C@@](N)(CC(N)=O)C(=O)c2ccc3ccccc3n2)CCCCN1. The molecule has 1 aliphatic heterocycles. The second-order valence-electron chi connectivity index (χ2n) is 12.7. The summed E-state index contributed by atoms with van der Waals surface area (Å²) in [6.07, 6.45) is -1.63. The van der Waals surface area contributed by atoms with Crippen molar-refractivity contribution in [3.05, 3.63) is 78.0 Å². The van der Waals surface area contributed by atoms with E-state index in [1.165, 1.54) is 6.07 Å². The first-order chi connectivity index (χ1) is 21.7. The second kappa shape index (κ2) is 13.9. The number of ether oxygens (including phenoxy) is 1. The molecule has 1 unspecified atom stereocenters. The van der Waals surface area contributed by atoms with Crippen molar-refractivity contribution in [1.82, 2.24) is 15.6 Å². The van der Waals surface area contributed by atoms with Crippen molar-refractivity contribution in [1.29, 1.82) is 0 Å². The lowest BCUT2D eigenvalue weighted by Gasteiger charge is -2.39. The monoisotopic (exact) mass is 631 g/mol. The number of nitrogens with one attached hydrogen (secondary N) is 2. The van der Waals surface area contributed by atoms with Gasteiger partial charge in [-0.3, -0.25) is 24.5 Å². The van der Waals surface area contributed by atoms with Gasteiger partial charge in [0.15, 0.2) is 16.9 Å².